The van der Waals surface area contributed by atoms with Crippen molar-refractivity contribution < 1.29 is 14.0 Å². The van der Waals surface area contributed by atoms with Crippen molar-refractivity contribution in [2.45, 2.75) is 57.5 Å². The molecular formula is C12H26N2O3Si. The number of nitrogens with two attached hydrogens (primary N) is 1. The van der Waals surface area contributed by atoms with E-state index < -0.39 is 14.4 Å². The number of nitrogens with one attached hydrogen (secondary N) is 1. The van der Waals surface area contributed by atoms with Crippen molar-refractivity contribution in [2.75, 3.05) is 13.1 Å². The average Bonchev–Trinajstić information content (AvgIpc) is 2.36. The lowest BCUT2D eigenvalue weighted by atomic mass is 10.1. The molecule has 0 spiro atoms. The lowest BCUT2D eigenvalue weighted by Crippen LogP contribution is -2.50. The Morgan fingerprint density at radius 1 is 1.22 bits per heavy atom. The van der Waals surface area contributed by atoms with Crippen molar-refractivity contribution in [3.63, 3.8) is 0 Å². The summed E-state index contributed by atoms with van der Waals surface area (Å²) in [7, 11) is -1.59. The molecule has 0 aromatic rings. The van der Waals surface area contributed by atoms with Gasteiger partial charge in [-0.2, -0.15) is 0 Å². The molecule has 106 valence electrons. The van der Waals surface area contributed by atoms with E-state index in [0.29, 0.717) is 6.54 Å². The van der Waals surface area contributed by atoms with Crippen LogP contribution in [0.1, 0.15) is 27.2 Å². The second-order valence-electron chi connectivity index (χ2n) is 4.94. The summed E-state index contributed by atoms with van der Waals surface area (Å²) in [5, 5.41) is 3.25. The van der Waals surface area contributed by atoms with Crippen LogP contribution < -0.4 is 11.1 Å². The molecule has 6 heteroatoms. The fourth-order valence-corrected chi connectivity index (χ4v) is 5.45. The number of primary amides is 1. The quantitative estimate of drug-likeness (QED) is 0.725. The Morgan fingerprint density at radius 3 is 2.28 bits per heavy atom. The molecule has 0 unspecified atom stereocenters. The Hall–Kier alpha value is -0.593. The molecule has 3 N–H and O–H groups in total. The molecule has 0 aromatic carbocycles. The van der Waals surface area contributed by atoms with Crippen LogP contribution >= 0.6 is 0 Å². The summed E-state index contributed by atoms with van der Waals surface area (Å²) in [6, 6.07) is 3.41. The van der Waals surface area contributed by atoms with E-state index in [1.54, 1.807) is 0 Å². The van der Waals surface area contributed by atoms with Gasteiger partial charge in [0.15, 0.2) is 8.32 Å². The summed E-state index contributed by atoms with van der Waals surface area (Å²) in [4.78, 5) is 10.8. The van der Waals surface area contributed by atoms with Gasteiger partial charge in [0.25, 0.3) is 0 Å². The molecule has 1 rings (SSSR count). The summed E-state index contributed by atoms with van der Waals surface area (Å²) in [5.41, 5.74) is 5.05. The summed E-state index contributed by atoms with van der Waals surface area (Å²) in [6.07, 6.45) is 0.0468. The van der Waals surface area contributed by atoms with Gasteiger partial charge in [-0.05, 0) is 18.1 Å². The van der Waals surface area contributed by atoms with E-state index in [1.165, 1.54) is 0 Å². The van der Waals surface area contributed by atoms with Crippen LogP contribution in [0.3, 0.4) is 0 Å². The number of amides is 1. The van der Waals surface area contributed by atoms with Gasteiger partial charge in [-0.3, -0.25) is 0 Å². The fraction of sp³-hybridized carbons (Fsp3) is 0.917. The third-order valence-electron chi connectivity index (χ3n) is 3.90. The summed E-state index contributed by atoms with van der Waals surface area (Å²) < 4.78 is 11.4. The zero-order valence-corrected chi connectivity index (χ0v) is 12.7. The molecule has 0 aliphatic carbocycles. The third kappa shape index (κ3) is 4.26. The zero-order chi connectivity index (χ0) is 13.6. The van der Waals surface area contributed by atoms with Crippen molar-refractivity contribution >= 4 is 14.4 Å². The molecule has 1 aliphatic heterocycles. The maximum absolute atomic E-state index is 10.8. The first-order chi connectivity index (χ1) is 8.55. The molecule has 5 nitrogen and oxygen atoms in total. The molecule has 0 radical (unpaired) electrons. The highest BCUT2D eigenvalue weighted by atomic mass is 28.4. The Balaban J connectivity index is 2.53. The molecule has 18 heavy (non-hydrogen) atoms. The molecule has 2 atom stereocenters. The first-order valence-electron chi connectivity index (χ1n) is 6.89. The number of piperidine rings is 1. The number of hydrogen-bond acceptors (Lipinski definition) is 4. The monoisotopic (exact) mass is 274 g/mol. The predicted octanol–water partition coefficient (Wildman–Crippen LogP) is 1.83. The summed E-state index contributed by atoms with van der Waals surface area (Å²) >= 11 is 0. The van der Waals surface area contributed by atoms with Gasteiger partial charge in [0, 0.05) is 19.5 Å². The summed E-state index contributed by atoms with van der Waals surface area (Å²) in [6.45, 7) is 8.15. The molecule has 1 fully saturated rings. The highest BCUT2D eigenvalue weighted by Gasteiger charge is 2.34. The predicted molar refractivity (Wildman–Crippen MR) is 74.0 cm³/mol. The Bertz CT molecular complexity index is 264. The number of hydrogen-bond donors (Lipinski definition) is 2. The SMILES string of the molecule is CC[Si](CC)(CC)O[C@@H]1CNC[C@@H](OC(N)=O)C1. The lowest BCUT2D eigenvalue weighted by molar-refractivity contribution is 0.0424. The molecule has 0 bridgehead atoms. The van der Waals surface area contributed by atoms with Crippen molar-refractivity contribution in [2.24, 2.45) is 5.73 Å². The molecule has 0 aromatic heterocycles. The first kappa shape index (κ1) is 15.5. The largest absolute Gasteiger partial charge is 0.445 e. The van der Waals surface area contributed by atoms with Gasteiger partial charge >= 0.3 is 6.09 Å². The minimum atomic E-state index is -1.59. The lowest BCUT2D eigenvalue weighted by Gasteiger charge is -2.37. The number of carbonyl (C=O) groups is 1. The van der Waals surface area contributed by atoms with Crippen LogP contribution in [0, 0.1) is 0 Å². The van der Waals surface area contributed by atoms with E-state index in [0.717, 1.165) is 31.1 Å². The van der Waals surface area contributed by atoms with Crippen LogP contribution in [-0.2, 0) is 9.16 Å². The third-order valence-corrected chi connectivity index (χ3v) is 8.60. The van der Waals surface area contributed by atoms with Gasteiger partial charge in [0.05, 0.1) is 6.10 Å². The van der Waals surface area contributed by atoms with Crippen LogP contribution in [0.15, 0.2) is 0 Å². The number of ether oxygens (including phenoxy) is 1. The maximum atomic E-state index is 10.8. The van der Waals surface area contributed by atoms with E-state index >= 15 is 0 Å². The van der Waals surface area contributed by atoms with Crippen molar-refractivity contribution in [3.8, 4) is 0 Å². The van der Waals surface area contributed by atoms with Gasteiger partial charge in [-0.1, -0.05) is 20.8 Å². The second kappa shape index (κ2) is 7.11. The minimum Gasteiger partial charge on any atom is -0.445 e. The van der Waals surface area contributed by atoms with E-state index in [-0.39, 0.29) is 12.2 Å². The molecular weight excluding hydrogens is 248 g/mol. The molecule has 1 aliphatic rings. The molecule has 1 amide bonds. The average molecular weight is 274 g/mol. The van der Waals surface area contributed by atoms with E-state index in [4.69, 9.17) is 14.9 Å². The molecule has 1 heterocycles. The zero-order valence-electron chi connectivity index (χ0n) is 11.7. The van der Waals surface area contributed by atoms with E-state index in [9.17, 15) is 4.79 Å². The maximum Gasteiger partial charge on any atom is 0.404 e. The van der Waals surface area contributed by atoms with Crippen molar-refractivity contribution in [1.82, 2.24) is 5.32 Å². The number of rotatable bonds is 6. The minimum absolute atomic E-state index is 0.148. The van der Waals surface area contributed by atoms with Crippen LogP contribution in [0.4, 0.5) is 4.79 Å². The molecule has 0 saturated carbocycles. The van der Waals surface area contributed by atoms with E-state index in [2.05, 4.69) is 26.1 Å². The second-order valence-corrected chi connectivity index (χ2v) is 9.66. The first-order valence-corrected chi connectivity index (χ1v) is 9.42. The van der Waals surface area contributed by atoms with Gasteiger partial charge in [0.2, 0.25) is 0 Å². The van der Waals surface area contributed by atoms with Gasteiger partial charge in [-0.15, -0.1) is 0 Å². The Kier molecular flexibility index (Phi) is 6.11. The Labute approximate surface area is 111 Å². The smallest absolute Gasteiger partial charge is 0.404 e. The number of carbonyl (C=O) groups excluding carboxylic acids is 1. The van der Waals surface area contributed by atoms with Crippen LogP contribution in [0.5, 0.6) is 0 Å². The normalized spacial score (nSPS) is 24.8. The fourth-order valence-electron chi connectivity index (χ4n) is 2.56. The van der Waals surface area contributed by atoms with Gasteiger partial charge in [-0.25, -0.2) is 4.79 Å². The molecule has 1 saturated heterocycles. The van der Waals surface area contributed by atoms with E-state index in [1.807, 2.05) is 0 Å². The van der Waals surface area contributed by atoms with Crippen LogP contribution in [-0.4, -0.2) is 39.7 Å². The van der Waals surface area contributed by atoms with Gasteiger partial charge in [0.1, 0.15) is 6.10 Å². The van der Waals surface area contributed by atoms with Gasteiger partial charge < -0.3 is 20.2 Å². The van der Waals surface area contributed by atoms with Crippen LogP contribution in [0.25, 0.3) is 0 Å². The Morgan fingerprint density at radius 2 is 1.78 bits per heavy atom. The summed E-state index contributed by atoms with van der Waals surface area (Å²) in [5.74, 6) is 0. The standard InChI is InChI=1S/C12H26N2O3Si/c1-4-18(5-2,6-3)17-11-7-10(8-14-9-11)16-12(13)15/h10-11,14H,4-9H2,1-3H3,(H2,13,15)/t10-,11-/m0/s1. The van der Waals surface area contributed by atoms with Crippen molar-refractivity contribution in [1.29, 1.82) is 0 Å². The van der Waals surface area contributed by atoms with Crippen LogP contribution in [0.2, 0.25) is 18.1 Å². The topological polar surface area (TPSA) is 73.6 Å². The highest BCUT2D eigenvalue weighted by molar-refractivity contribution is 6.73. The highest BCUT2D eigenvalue weighted by Crippen LogP contribution is 2.25. The van der Waals surface area contributed by atoms with Crippen molar-refractivity contribution in [3.05, 3.63) is 0 Å².